The molecule has 1 fully saturated rings. The zero-order valence-electron chi connectivity index (χ0n) is 19.2. The number of hydrogen-bond donors (Lipinski definition) is 2. The van der Waals surface area contributed by atoms with E-state index in [0.717, 1.165) is 49.2 Å². The van der Waals surface area contributed by atoms with Gasteiger partial charge in [0.15, 0.2) is 0 Å². The second kappa shape index (κ2) is 11.1. The van der Waals surface area contributed by atoms with Crippen LogP contribution in [0.25, 0.3) is 0 Å². The first-order valence-electron chi connectivity index (χ1n) is 11.2. The number of thioether (sulfide) groups is 1. The minimum absolute atomic E-state index is 0.0387. The molecule has 11 heteroatoms. The van der Waals surface area contributed by atoms with Crippen LogP contribution in [-0.4, -0.2) is 28.5 Å². The van der Waals surface area contributed by atoms with Gasteiger partial charge in [0.2, 0.25) is 5.91 Å². The van der Waals surface area contributed by atoms with Gasteiger partial charge in [0.25, 0.3) is 11.6 Å². The number of hydrogen-bond acceptors (Lipinski definition) is 5. The maximum atomic E-state index is 13.2. The highest BCUT2D eigenvalue weighted by Gasteiger charge is 2.34. The third-order valence-electron chi connectivity index (χ3n) is 6.31. The van der Waals surface area contributed by atoms with Crippen LogP contribution in [0.1, 0.15) is 49.0 Å². The summed E-state index contributed by atoms with van der Waals surface area (Å²) < 4.78 is 39.6. The Kier molecular flexibility index (Phi) is 8.42. The molecule has 3 rings (SSSR count). The van der Waals surface area contributed by atoms with Crippen molar-refractivity contribution in [3.8, 4) is 0 Å². The lowest BCUT2D eigenvalue weighted by molar-refractivity contribution is -0.387. The molecule has 2 amide bonds. The van der Waals surface area contributed by atoms with E-state index in [1.165, 1.54) is 24.3 Å². The van der Waals surface area contributed by atoms with Gasteiger partial charge in [-0.3, -0.25) is 19.7 Å². The highest BCUT2D eigenvalue weighted by atomic mass is 32.2. The number of alkyl halides is 3. The Labute approximate surface area is 205 Å². The quantitative estimate of drug-likeness (QED) is 0.275. The zero-order chi connectivity index (χ0) is 25.8. The average Bonchev–Trinajstić information content (AvgIpc) is 2.80. The van der Waals surface area contributed by atoms with Crippen molar-refractivity contribution >= 4 is 35.0 Å². The summed E-state index contributed by atoms with van der Waals surface area (Å²) in [4.78, 5) is 36.1. The molecule has 2 aromatic rings. The fourth-order valence-electron chi connectivity index (χ4n) is 4.13. The van der Waals surface area contributed by atoms with Crippen molar-refractivity contribution in [2.45, 2.75) is 50.2 Å². The minimum atomic E-state index is -4.68. The summed E-state index contributed by atoms with van der Waals surface area (Å²) in [6.07, 6.45) is -1.63. The molecule has 188 valence electrons. The number of amides is 2. The number of carbonyl (C=O) groups is 2. The minimum Gasteiger partial charge on any atom is -0.352 e. The number of halogens is 3. The molecule has 1 aliphatic carbocycles. The second-order valence-corrected chi connectivity index (χ2v) is 9.68. The van der Waals surface area contributed by atoms with Gasteiger partial charge in [-0.2, -0.15) is 13.2 Å². The topological polar surface area (TPSA) is 101 Å². The Hall–Kier alpha value is -3.08. The maximum Gasteiger partial charge on any atom is 0.418 e. The maximum absolute atomic E-state index is 13.2. The normalized spacial score (nSPS) is 20.2. The van der Waals surface area contributed by atoms with Crippen LogP contribution in [0.2, 0.25) is 0 Å². The molecule has 0 radical (unpaired) electrons. The van der Waals surface area contributed by atoms with Crippen LogP contribution in [0.15, 0.2) is 47.4 Å². The van der Waals surface area contributed by atoms with Crippen molar-refractivity contribution < 1.29 is 27.7 Å². The van der Waals surface area contributed by atoms with Gasteiger partial charge in [0, 0.05) is 17.7 Å². The van der Waals surface area contributed by atoms with E-state index < -0.39 is 33.9 Å². The molecule has 0 aliphatic heterocycles. The lowest BCUT2D eigenvalue weighted by Gasteiger charge is -2.34. The Balaban J connectivity index is 1.70. The third-order valence-corrected chi connectivity index (χ3v) is 7.37. The standard InChI is InChI=1S/C24H26F3N3O4S/c1-14-6-5-9-18(15(14)2)28-22(31)13-35-21-11-10-16(12-20(21)30(33)34)23(32)29-19-8-4-3-7-17(19)24(25,26)27/h3-4,7-8,10-12,14-15,18H,5-6,9,13H2,1-2H3,(H,28,31)(H,29,32). The SMILES string of the molecule is CC1CCCC(NC(=O)CSc2ccc(C(=O)Nc3ccccc3C(F)(F)F)cc2[N+](=O)[O-])C1C. The molecular weight excluding hydrogens is 483 g/mol. The summed E-state index contributed by atoms with van der Waals surface area (Å²) >= 11 is 0.970. The van der Waals surface area contributed by atoms with Crippen LogP contribution in [0.3, 0.4) is 0 Å². The Morgan fingerprint density at radius 2 is 1.86 bits per heavy atom. The van der Waals surface area contributed by atoms with Crippen molar-refractivity contribution in [3.63, 3.8) is 0 Å². The van der Waals surface area contributed by atoms with E-state index in [4.69, 9.17) is 0 Å². The first-order valence-corrected chi connectivity index (χ1v) is 12.1. The van der Waals surface area contributed by atoms with E-state index in [9.17, 15) is 32.9 Å². The molecule has 1 aliphatic rings. The highest BCUT2D eigenvalue weighted by molar-refractivity contribution is 8.00. The van der Waals surface area contributed by atoms with E-state index in [-0.39, 0.29) is 28.2 Å². The van der Waals surface area contributed by atoms with Gasteiger partial charge in [-0.15, -0.1) is 11.8 Å². The molecule has 0 spiro atoms. The molecule has 0 aromatic heterocycles. The number of nitrogens with zero attached hydrogens (tertiary/aromatic N) is 1. The van der Waals surface area contributed by atoms with Gasteiger partial charge in [0.1, 0.15) is 0 Å². The molecule has 1 saturated carbocycles. The molecule has 2 N–H and O–H groups in total. The predicted octanol–water partition coefficient (Wildman–Crippen LogP) is 5.90. The molecular formula is C24H26F3N3O4S. The zero-order valence-corrected chi connectivity index (χ0v) is 20.0. The van der Waals surface area contributed by atoms with Gasteiger partial charge in [-0.05, 0) is 42.5 Å². The summed E-state index contributed by atoms with van der Waals surface area (Å²) in [5, 5.41) is 16.8. The van der Waals surface area contributed by atoms with E-state index >= 15 is 0 Å². The van der Waals surface area contributed by atoms with Crippen LogP contribution in [0.4, 0.5) is 24.5 Å². The van der Waals surface area contributed by atoms with Crippen LogP contribution in [0.5, 0.6) is 0 Å². The van der Waals surface area contributed by atoms with Crippen LogP contribution in [-0.2, 0) is 11.0 Å². The molecule has 0 bridgehead atoms. The van der Waals surface area contributed by atoms with Gasteiger partial charge < -0.3 is 10.6 Å². The number of nitro groups is 1. The van der Waals surface area contributed by atoms with Crippen molar-refractivity contribution in [2.75, 3.05) is 11.1 Å². The van der Waals surface area contributed by atoms with Gasteiger partial charge >= 0.3 is 6.18 Å². The van der Waals surface area contributed by atoms with Gasteiger partial charge in [-0.25, -0.2) is 0 Å². The Morgan fingerprint density at radius 1 is 1.14 bits per heavy atom. The molecule has 0 saturated heterocycles. The Morgan fingerprint density at radius 3 is 2.54 bits per heavy atom. The summed E-state index contributed by atoms with van der Waals surface area (Å²) in [7, 11) is 0. The van der Waals surface area contributed by atoms with E-state index in [1.807, 2.05) is 0 Å². The van der Waals surface area contributed by atoms with Crippen molar-refractivity contribution in [1.29, 1.82) is 0 Å². The van der Waals surface area contributed by atoms with Crippen LogP contribution < -0.4 is 10.6 Å². The summed E-state index contributed by atoms with van der Waals surface area (Å²) in [6, 6.07) is 8.14. The van der Waals surface area contributed by atoms with Crippen molar-refractivity contribution in [3.05, 3.63) is 63.7 Å². The molecule has 35 heavy (non-hydrogen) atoms. The summed E-state index contributed by atoms with van der Waals surface area (Å²) in [5.74, 6) is -0.347. The first-order chi connectivity index (χ1) is 16.5. The van der Waals surface area contributed by atoms with Crippen molar-refractivity contribution in [2.24, 2.45) is 11.8 Å². The largest absolute Gasteiger partial charge is 0.418 e. The molecule has 3 atom stereocenters. The second-order valence-electron chi connectivity index (χ2n) is 8.67. The fourth-order valence-corrected chi connectivity index (χ4v) is 4.95. The highest BCUT2D eigenvalue weighted by Crippen LogP contribution is 2.35. The number of nitro benzene ring substituents is 1. The molecule has 0 heterocycles. The predicted molar refractivity (Wildman–Crippen MR) is 127 cm³/mol. The third kappa shape index (κ3) is 6.74. The van der Waals surface area contributed by atoms with Crippen LogP contribution in [0, 0.1) is 22.0 Å². The fraction of sp³-hybridized carbons (Fsp3) is 0.417. The molecule has 7 nitrogen and oxygen atoms in total. The van der Waals surface area contributed by atoms with Crippen LogP contribution >= 0.6 is 11.8 Å². The number of anilines is 1. The molecule has 3 unspecified atom stereocenters. The summed E-state index contributed by atoms with van der Waals surface area (Å²) in [5.41, 5.74) is -2.05. The number of nitrogens with one attached hydrogen (secondary N) is 2. The number of para-hydroxylation sites is 1. The van der Waals surface area contributed by atoms with E-state index in [0.29, 0.717) is 11.8 Å². The van der Waals surface area contributed by atoms with E-state index in [1.54, 1.807) is 0 Å². The lowest BCUT2D eigenvalue weighted by Crippen LogP contribution is -2.44. The first kappa shape index (κ1) is 26.5. The number of benzene rings is 2. The monoisotopic (exact) mass is 509 g/mol. The van der Waals surface area contributed by atoms with E-state index in [2.05, 4.69) is 24.5 Å². The number of carbonyl (C=O) groups excluding carboxylic acids is 2. The molecule has 2 aromatic carbocycles. The van der Waals surface area contributed by atoms with Crippen molar-refractivity contribution in [1.82, 2.24) is 5.32 Å². The van der Waals surface area contributed by atoms with Gasteiger partial charge in [-0.1, -0.05) is 38.8 Å². The average molecular weight is 510 g/mol. The summed E-state index contributed by atoms with van der Waals surface area (Å²) in [6.45, 7) is 4.25. The Bertz CT molecular complexity index is 1110. The lowest BCUT2D eigenvalue weighted by atomic mass is 9.78. The number of rotatable bonds is 7. The van der Waals surface area contributed by atoms with Gasteiger partial charge in [0.05, 0.1) is 26.8 Å². The smallest absolute Gasteiger partial charge is 0.352 e.